The van der Waals surface area contributed by atoms with Crippen LogP contribution >= 0.6 is 11.8 Å². The maximum absolute atomic E-state index is 9.85. The summed E-state index contributed by atoms with van der Waals surface area (Å²) in [5.41, 5.74) is 1.09. The molecule has 1 aromatic rings. The molecular formula is C18H30O2S. The van der Waals surface area contributed by atoms with Crippen LogP contribution in [0.4, 0.5) is 0 Å². The zero-order valence-corrected chi connectivity index (χ0v) is 14.1. The van der Waals surface area contributed by atoms with Crippen LogP contribution < -0.4 is 0 Å². The first-order chi connectivity index (χ1) is 10.3. The van der Waals surface area contributed by atoms with Gasteiger partial charge in [-0.15, -0.1) is 11.8 Å². The summed E-state index contributed by atoms with van der Waals surface area (Å²) in [6, 6.07) is 6.01. The molecule has 2 N–H and O–H groups in total. The van der Waals surface area contributed by atoms with Gasteiger partial charge in [0.25, 0.3) is 0 Å². The summed E-state index contributed by atoms with van der Waals surface area (Å²) in [5, 5.41) is 18.6. The number of rotatable bonds is 12. The number of aliphatic hydroxyl groups excluding tert-OH is 1. The number of unbranched alkanes of at least 4 members (excludes halogenated alkanes) is 6. The molecule has 1 rings (SSSR count). The van der Waals surface area contributed by atoms with Crippen LogP contribution in [-0.2, 0) is 6.42 Å². The van der Waals surface area contributed by atoms with Gasteiger partial charge in [0.1, 0.15) is 5.75 Å². The van der Waals surface area contributed by atoms with Crippen molar-refractivity contribution in [1.82, 2.24) is 0 Å². The highest BCUT2D eigenvalue weighted by Gasteiger charge is 2.03. The Kier molecular flexibility index (Phi) is 10.4. The Morgan fingerprint density at radius 2 is 1.67 bits per heavy atom. The molecule has 0 bridgehead atoms. The van der Waals surface area contributed by atoms with Crippen LogP contribution in [0.5, 0.6) is 5.75 Å². The minimum absolute atomic E-state index is 0.330. The Hall–Kier alpha value is -0.670. The summed E-state index contributed by atoms with van der Waals surface area (Å²) in [5.74, 6) is 1.59. The van der Waals surface area contributed by atoms with Gasteiger partial charge in [0, 0.05) is 11.5 Å². The first kappa shape index (κ1) is 18.4. The molecule has 0 unspecified atom stereocenters. The van der Waals surface area contributed by atoms with Gasteiger partial charge in [0.05, 0.1) is 0 Å². The number of benzene rings is 1. The van der Waals surface area contributed by atoms with Crippen LogP contribution in [0, 0.1) is 0 Å². The molecule has 0 saturated carbocycles. The van der Waals surface area contributed by atoms with Gasteiger partial charge in [-0.2, -0.15) is 0 Å². The second-order valence-corrected chi connectivity index (χ2v) is 6.76. The SMILES string of the molecule is CCCCc1cc(SCCCCCCCCO)ccc1O. The number of phenolic OH excluding ortho intramolecular Hbond substituents is 1. The van der Waals surface area contributed by atoms with Crippen molar-refractivity contribution < 1.29 is 10.2 Å². The molecule has 0 saturated heterocycles. The van der Waals surface area contributed by atoms with Gasteiger partial charge in [-0.3, -0.25) is 0 Å². The normalized spacial score (nSPS) is 11.0. The van der Waals surface area contributed by atoms with Crippen LogP contribution in [-0.4, -0.2) is 22.6 Å². The van der Waals surface area contributed by atoms with Crippen LogP contribution in [0.1, 0.15) is 63.9 Å². The summed E-state index contributed by atoms with van der Waals surface area (Å²) in [6.45, 7) is 2.51. The molecule has 2 nitrogen and oxygen atoms in total. The highest BCUT2D eigenvalue weighted by molar-refractivity contribution is 7.99. The van der Waals surface area contributed by atoms with Gasteiger partial charge < -0.3 is 10.2 Å². The van der Waals surface area contributed by atoms with E-state index in [1.807, 2.05) is 23.9 Å². The van der Waals surface area contributed by atoms with E-state index in [1.165, 1.54) is 30.6 Å². The Balaban J connectivity index is 2.19. The third-order valence-electron chi connectivity index (χ3n) is 3.67. The predicted molar refractivity (Wildman–Crippen MR) is 92.2 cm³/mol. The lowest BCUT2D eigenvalue weighted by molar-refractivity contribution is 0.282. The monoisotopic (exact) mass is 310 g/mol. The van der Waals surface area contributed by atoms with E-state index < -0.39 is 0 Å². The summed E-state index contributed by atoms with van der Waals surface area (Å²) in [4.78, 5) is 1.28. The second-order valence-electron chi connectivity index (χ2n) is 5.59. The van der Waals surface area contributed by atoms with Crippen molar-refractivity contribution in [2.45, 2.75) is 69.6 Å². The number of aliphatic hydroxyl groups is 1. The van der Waals surface area contributed by atoms with Gasteiger partial charge in [0.2, 0.25) is 0 Å². The lowest BCUT2D eigenvalue weighted by Gasteiger charge is -2.07. The zero-order chi connectivity index (χ0) is 15.3. The summed E-state index contributed by atoms with van der Waals surface area (Å²) < 4.78 is 0. The standard InChI is InChI=1S/C18H30O2S/c1-2-3-10-16-15-17(11-12-18(16)20)21-14-9-7-5-4-6-8-13-19/h11-12,15,19-20H,2-10,13-14H2,1H3. The van der Waals surface area contributed by atoms with E-state index >= 15 is 0 Å². The molecule has 0 aliphatic heterocycles. The average Bonchev–Trinajstić information content (AvgIpc) is 2.50. The molecule has 0 atom stereocenters. The lowest BCUT2D eigenvalue weighted by Crippen LogP contribution is -1.88. The van der Waals surface area contributed by atoms with Crippen molar-refractivity contribution in [3.63, 3.8) is 0 Å². The van der Waals surface area contributed by atoms with E-state index in [9.17, 15) is 5.11 Å². The molecular weight excluding hydrogens is 280 g/mol. The summed E-state index contributed by atoms with van der Waals surface area (Å²) in [7, 11) is 0. The van der Waals surface area contributed by atoms with Gasteiger partial charge in [0.15, 0.2) is 0 Å². The highest BCUT2D eigenvalue weighted by Crippen LogP contribution is 2.27. The van der Waals surface area contributed by atoms with Crippen LogP contribution in [0.2, 0.25) is 0 Å². The topological polar surface area (TPSA) is 40.5 Å². The Morgan fingerprint density at radius 3 is 2.38 bits per heavy atom. The van der Waals surface area contributed by atoms with Crippen molar-refractivity contribution in [2.24, 2.45) is 0 Å². The minimum Gasteiger partial charge on any atom is -0.508 e. The molecule has 0 amide bonds. The maximum atomic E-state index is 9.85. The van der Waals surface area contributed by atoms with E-state index in [2.05, 4.69) is 13.0 Å². The fraction of sp³-hybridized carbons (Fsp3) is 0.667. The van der Waals surface area contributed by atoms with E-state index in [0.29, 0.717) is 12.4 Å². The Morgan fingerprint density at radius 1 is 0.952 bits per heavy atom. The lowest BCUT2D eigenvalue weighted by atomic mass is 10.1. The molecule has 21 heavy (non-hydrogen) atoms. The average molecular weight is 311 g/mol. The molecule has 3 heteroatoms. The van der Waals surface area contributed by atoms with Crippen molar-refractivity contribution in [3.8, 4) is 5.75 Å². The molecule has 0 aromatic heterocycles. The fourth-order valence-corrected chi connectivity index (χ4v) is 3.30. The fourth-order valence-electron chi connectivity index (χ4n) is 2.33. The molecule has 0 aliphatic carbocycles. The number of thioether (sulfide) groups is 1. The van der Waals surface area contributed by atoms with Crippen molar-refractivity contribution >= 4 is 11.8 Å². The second kappa shape index (κ2) is 11.9. The maximum Gasteiger partial charge on any atom is 0.118 e. The molecule has 1 aromatic carbocycles. The van der Waals surface area contributed by atoms with E-state index in [4.69, 9.17) is 5.11 Å². The molecule has 0 radical (unpaired) electrons. The van der Waals surface area contributed by atoms with Gasteiger partial charge in [-0.05, 0) is 55.2 Å². The third-order valence-corrected chi connectivity index (χ3v) is 4.75. The number of hydrogen-bond acceptors (Lipinski definition) is 3. The smallest absolute Gasteiger partial charge is 0.118 e. The quantitative estimate of drug-likeness (QED) is 0.414. The largest absolute Gasteiger partial charge is 0.508 e. The zero-order valence-electron chi connectivity index (χ0n) is 13.3. The number of aromatic hydroxyl groups is 1. The summed E-state index contributed by atoms with van der Waals surface area (Å²) in [6.07, 6.45) is 10.4. The van der Waals surface area contributed by atoms with E-state index in [1.54, 1.807) is 0 Å². The first-order valence-corrected chi connectivity index (χ1v) is 9.32. The predicted octanol–water partition coefficient (Wildman–Crippen LogP) is 5.16. The van der Waals surface area contributed by atoms with Crippen LogP contribution in [0.3, 0.4) is 0 Å². The van der Waals surface area contributed by atoms with Gasteiger partial charge in [-0.25, -0.2) is 0 Å². The van der Waals surface area contributed by atoms with E-state index in [-0.39, 0.29) is 0 Å². The summed E-state index contributed by atoms with van der Waals surface area (Å²) >= 11 is 1.89. The van der Waals surface area contributed by atoms with Crippen molar-refractivity contribution in [2.75, 3.05) is 12.4 Å². The minimum atomic E-state index is 0.330. The number of phenols is 1. The number of hydrogen-bond donors (Lipinski definition) is 2. The highest BCUT2D eigenvalue weighted by atomic mass is 32.2. The molecule has 0 aliphatic rings. The Labute approximate surface area is 134 Å². The van der Waals surface area contributed by atoms with Crippen molar-refractivity contribution in [1.29, 1.82) is 0 Å². The first-order valence-electron chi connectivity index (χ1n) is 8.33. The van der Waals surface area contributed by atoms with Crippen LogP contribution in [0.25, 0.3) is 0 Å². The van der Waals surface area contributed by atoms with Crippen molar-refractivity contribution in [3.05, 3.63) is 23.8 Å². The third kappa shape index (κ3) is 8.37. The van der Waals surface area contributed by atoms with E-state index in [0.717, 1.165) is 43.4 Å². The Bertz CT molecular complexity index is 379. The molecule has 0 fully saturated rings. The van der Waals surface area contributed by atoms with Crippen LogP contribution in [0.15, 0.2) is 23.1 Å². The molecule has 0 spiro atoms. The van der Waals surface area contributed by atoms with Gasteiger partial charge >= 0.3 is 0 Å². The number of aryl methyl sites for hydroxylation is 1. The van der Waals surface area contributed by atoms with Gasteiger partial charge in [-0.1, -0.05) is 39.0 Å². The molecule has 120 valence electrons. The molecule has 0 heterocycles.